The van der Waals surface area contributed by atoms with E-state index in [-0.39, 0.29) is 0 Å². The third-order valence-electron chi connectivity index (χ3n) is 5.51. The van der Waals surface area contributed by atoms with Crippen LogP contribution in [-0.2, 0) is 12.2 Å². The number of thiazole rings is 1. The molecule has 4 aromatic rings. The molecule has 1 atom stereocenters. The van der Waals surface area contributed by atoms with Crippen molar-refractivity contribution in [3.63, 3.8) is 0 Å². The van der Waals surface area contributed by atoms with E-state index in [1.54, 1.807) is 11.3 Å². The molecule has 1 aliphatic rings. The quantitative estimate of drug-likeness (QED) is 0.393. The molecule has 0 saturated carbocycles. The average molecular weight is 419 g/mol. The molecule has 0 aliphatic carbocycles. The smallest absolute Gasteiger partial charge is 0.148 e. The maximum absolute atomic E-state index is 4.89. The topological polar surface area (TPSA) is 43.6 Å². The number of rotatable bonds is 5. The Labute approximate surface area is 179 Å². The molecule has 0 saturated heterocycles. The van der Waals surface area contributed by atoms with Crippen LogP contribution in [0.15, 0.2) is 58.8 Å². The van der Waals surface area contributed by atoms with Crippen molar-refractivity contribution in [3.05, 3.63) is 76.1 Å². The summed E-state index contributed by atoms with van der Waals surface area (Å²) in [4.78, 5) is 6.17. The van der Waals surface area contributed by atoms with Gasteiger partial charge in [0.2, 0.25) is 0 Å². The van der Waals surface area contributed by atoms with Crippen LogP contribution in [0.4, 0.5) is 0 Å². The van der Waals surface area contributed by atoms with Crippen molar-refractivity contribution in [1.82, 2.24) is 19.7 Å². The number of hydrogen-bond acceptors (Lipinski definition) is 5. The van der Waals surface area contributed by atoms with Crippen molar-refractivity contribution >= 4 is 23.1 Å². The highest BCUT2D eigenvalue weighted by molar-refractivity contribution is 7.98. The molecule has 1 aliphatic heterocycles. The molecular formula is C23H22N4S2. The zero-order chi connectivity index (χ0) is 19.8. The van der Waals surface area contributed by atoms with Gasteiger partial charge in [-0.3, -0.25) is 4.57 Å². The fourth-order valence-electron chi connectivity index (χ4n) is 3.62. The second kappa shape index (κ2) is 7.76. The first kappa shape index (κ1) is 18.6. The summed E-state index contributed by atoms with van der Waals surface area (Å²) in [5, 5.41) is 12.1. The lowest BCUT2D eigenvalue weighted by atomic mass is 9.97. The average Bonchev–Trinajstić information content (AvgIpc) is 3.41. The van der Waals surface area contributed by atoms with E-state index < -0.39 is 0 Å². The molecule has 3 heterocycles. The van der Waals surface area contributed by atoms with Gasteiger partial charge in [0, 0.05) is 15.8 Å². The maximum Gasteiger partial charge on any atom is 0.148 e. The van der Waals surface area contributed by atoms with Gasteiger partial charge in [-0.25, -0.2) is 4.98 Å². The van der Waals surface area contributed by atoms with Crippen LogP contribution >= 0.6 is 23.1 Å². The van der Waals surface area contributed by atoms with Gasteiger partial charge >= 0.3 is 0 Å². The molecule has 0 radical (unpaired) electrons. The maximum atomic E-state index is 4.89. The lowest BCUT2D eigenvalue weighted by Gasteiger charge is -2.18. The fraction of sp³-hybridized carbons (Fsp3) is 0.261. The van der Waals surface area contributed by atoms with Crippen LogP contribution in [0.2, 0.25) is 0 Å². The van der Waals surface area contributed by atoms with Gasteiger partial charge < -0.3 is 0 Å². The van der Waals surface area contributed by atoms with Gasteiger partial charge in [0.15, 0.2) is 0 Å². The second-order valence-corrected chi connectivity index (χ2v) is 9.32. The predicted molar refractivity (Wildman–Crippen MR) is 120 cm³/mol. The van der Waals surface area contributed by atoms with E-state index in [2.05, 4.69) is 82.5 Å². The molecule has 6 heteroatoms. The van der Waals surface area contributed by atoms with Gasteiger partial charge in [0.05, 0.1) is 23.6 Å². The zero-order valence-electron chi connectivity index (χ0n) is 16.5. The Bertz CT molecular complexity index is 1140. The van der Waals surface area contributed by atoms with Crippen molar-refractivity contribution in [2.45, 2.75) is 43.3 Å². The minimum atomic E-state index is 0.593. The SMILES string of the molecule is CCC(C)c1ccc(-c2csc(Cc3nnc4n3-c3ccccc3SC4)n2)cc1. The molecule has 2 aromatic carbocycles. The third-order valence-corrected chi connectivity index (χ3v) is 7.42. The number of thioether (sulfide) groups is 1. The normalized spacial score (nSPS) is 13.7. The Kier molecular flexibility index (Phi) is 4.97. The largest absolute Gasteiger partial charge is 0.281 e. The van der Waals surface area contributed by atoms with Crippen molar-refractivity contribution in [3.8, 4) is 16.9 Å². The highest BCUT2D eigenvalue weighted by Gasteiger charge is 2.22. The van der Waals surface area contributed by atoms with E-state index >= 15 is 0 Å². The molecule has 1 unspecified atom stereocenters. The van der Waals surface area contributed by atoms with E-state index in [0.717, 1.165) is 34.5 Å². The number of fused-ring (bicyclic) bond motifs is 3. The highest BCUT2D eigenvalue weighted by Crippen LogP contribution is 2.35. The summed E-state index contributed by atoms with van der Waals surface area (Å²) >= 11 is 3.51. The summed E-state index contributed by atoms with van der Waals surface area (Å²) in [6.07, 6.45) is 1.85. The summed E-state index contributed by atoms with van der Waals surface area (Å²) < 4.78 is 2.20. The van der Waals surface area contributed by atoms with Crippen LogP contribution in [0.1, 0.15) is 48.4 Å². The summed E-state index contributed by atoms with van der Waals surface area (Å²) in [5.74, 6) is 3.42. The fourth-order valence-corrected chi connectivity index (χ4v) is 5.38. The number of aromatic nitrogens is 4. The summed E-state index contributed by atoms with van der Waals surface area (Å²) in [7, 11) is 0. The Balaban J connectivity index is 1.40. The van der Waals surface area contributed by atoms with Gasteiger partial charge in [-0.15, -0.1) is 33.3 Å². The molecule has 0 fully saturated rings. The van der Waals surface area contributed by atoms with E-state index in [9.17, 15) is 0 Å². The minimum Gasteiger partial charge on any atom is -0.281 e. The summed E-state index contributed by atoms with van der Waals surface area (Å²) in [6.45, 7) is 4.50. The first-order chi connectivity index (χ1) is 14.2. The first-order valence-electron chi connectivity index (χ1n) is 9.93. The molecule has 0 amide bonds. The number of hydrogen-bond donors (Lipinski definition) is 0. The highest BCUT2D eigenvalue weighted by atomic mass is 32.2. The molecule has 146 valence electrons. The van der Waals surface area contributed by atoms with Crippen molar-refractivity contribution in [2.24, 2.45) is 0 Å². The Morgan fingerprint density at radius 2 is 1.90 bits per heavy atom. The number of para-hydroxylation sites is 1. The predicted octanol–water partition coefficient (Wildman–Crippen LogP) is 6.10. The van der Waals surface area contributed by atoms with E-state index in [0.29, 0.717) is 12.3 Å². The third kappa shape index (κ3) is 3.51. The van der Waals surface area contributed by atoms with Crippen LogP contribution in [-0.4, -0.2) is 19.7 Å². The number of nitrogens with zero attached hydrogens (tertiary/aromatic N) is 4. The van der Waals surface area contributed by atoms with Gasteiger partial charge in [0.1, 0.15) is 16.7 Å². The van der Waals surface area contributed by atoms with Crippen LogP contribution < -0.4 is 0 Å². The van der Waals surface area contributed by atoms with Gasteiger partial charge in [-0.05, 0) is 30.0 Å². The second-order valence-electron chi connectivity index (χ2n) is 7.36. The van der Waals surface area contributed by atoms with E-state index in [1.807, 2.05) is 11.8 Å². The van der Waals surface area contributed by atoms with Crippen LogP contribution in [0.25, 0.3) is 16.9 Å². The molecule has 2 aromatic heterocycles. The van der Waals surface area contributed by atoms with Crippen LogP contribution in [0, 0.1) is 0 Å². The van der Waals surface area contributed by atoms with Gasteiger partial charge in [-0.1, -0.05) is 50.2 Å². The van der Waals surface area contributed by atoms with Crippen LogP contribution in [0.5, 0.6) is 0 Å². The minimum absolute atomic E-state index is 0.593. The molecule has 0 N–H and O–H groups in total. The van der Waals surface area contributed by atoms with Crippen molar-refractivity contribution in [1.29, 1.82) is 0 Å². The van der Waals surface area contributed by atoms with Gasteiger partial charge in [-0.2, -0.15) is 0 Å². The molecule has 0 spiro atoms. The van der Waals surface area contributed by atoms with Crippen LogP contribution in [0.3, 0.4) is 0 Å². The van der Waals surface area contributed by atoms with E-state index in [4.69, 9.17) is 4.98 Å². The molecule has 0 bridgehead atoms. The molecule has 29 heavy (non-hydrogen) atoms. The number of benzene rings is 2. The first-order valence-corrected chi connectivity index (χ1v) is 11.8. The molecule has 5 rings (SSSR count). The summed E-state index contributed by atoms with van der Waals surface area (Å²) in [6, 6.07) is 17.3. The standard InChI is InChI=1S/C23H22N4S2/c1-3-15(2)16-8-10-17(11-9-16)18-13-29-23(24-18)12-21-25-26-22-14-28-20-7-5-4-6-19(20)27(21)22/h4-11,13,15H,3,12,14H2,1-2H3. The lowest BCUT2D eigenvalue weighted by Crippen LogP contribution is -2.10. The Morgan fingerprint density at radius 1 is 1.07 bits per heavy atom. The van der Waals surface area contributed by atoms with Crippen molar-refractivity contribution < 1.29 is 0 Å². The lowest BCUT2D eigenvalue weighted by molar-refractivity contribution is 0.734. The molecule has 4 nitrogen and oxygen atoms in total. The monoisotopic (exact) mass is 418 g/mol. The van der Waals surface area contributed by atoms with Crippen molar-refractivity contribution in [2.75, 3.05) is 0 Å². The molecular weight excluding hydrogens is 396 g/mol. The van der Waals surface area contributed by atoms with E-state index in [1.165, 1.54) is 21.7 Å². The zero-order valence-corrected chi connectivity index (χ0v) is 18.1. The Morgan fingerprint density at radius 3 is 2.72 bits per heavy atom. The Hall–Kier alpha value is -2.44. The summed E-state index contributed by atoms with van der Waals surface area (Å²) in [5.41, 5.74) is 4.77. The van der Waals surface area contributed by atoms with Gasteiger partial charge in [0.25, 0.3) is 0 Å².